The molecule has 0 aliphatic heterocycles. The van der Waals surface area contributed by atoms with E-state index in [1.807, 2.05) is 32.0 Å². The van der Waals surface area contributed by atoms with E-state index < -0.39 is 0 Å². The average Bonchev–Trinajstić information content (AvgIpc) is 3.22. The molecule has 0 spiro atoms. The van der Waals surface area contributed by atoms with Gasteiger partial charge in [-0.25, -0.2) is 4.98 Å². The van der Waals surface area contributed by atoms with Gasteiger partial charge in [0.1, 0.15) is 6.61 Å². The van der Waals surface area contributed by atoms with Crippen LogP contribution in [0.3, 0.4) is 0 Å². The van der Waals surface area contributed by atoms with E-state index in [9.17, 15) is 4.79 Å². The summed E-state index contributed by atoms with van der Waals surface area (Å²) in [7, 11) is 0. The highest BCUT2D eigenvalue weighted by Gasteiger charge is 2.23. The lowest BCUT2D eigenvalue weighted by Gasteiger charge is -2.28. The SMILES string of the molecule is CCN(C(=O)c1ccccc1-n1nccn1)[C@@H](C)COc1ccc(Cl)cn1. The second-order valence-electron chi connectivity index (χ2n) is 5.90. The van der Waals surface area contributed by atoms with E-state index in [4.69, 9.17) is 16.3 Å². The van der Waals surface area contributed by atoms with E-state index >= 15 is 0 Å². The summed E-state index contributed by atoms with van der Waals surface area (Å²) in [6, 6.07) is 10.5. The number of likely N-dealkylation sites (N-methyl/N-ethyl adjacent to an activating group) is 1. The van der Waals surface area contributed by atoms with Crippen LogP contribution in [0.4, 0.5) is 0 Å². The standard InChI is InChI=1S/C19H20ClN5O2/c1-3-24(14(2)13-27-18-9-8-15(20)12-21-18)19(26)16-6-4-5-7-17(16)25-22-10-11-23-25/h4-12,14H,3,13H2,1-2H3/t14-/m0/s1. The van der Waals surface area contributed by atoms with Gasteiger partial charge in [0.2, 0.25) is 5.88 Å². The zero-order chi connectivity index (χ0) is 19.2. The minimum atomic E-state index is -0.154. The molecule has 8 heteroatoms. The fourth-order valence-electron chi connectivity index (χ4n) is 2.72. The zero-order valence-corrected chi connectivity index (χ0v) is 15.9. The summed E-state index contributed by atoms with van der Waals surface area (Å²) in [5.41, 5.74) is 1.17. The van der Waals surface area contributed by atoms with Crippen LogP contribution in [0.5, 0.6) is 5.88 Å². The molecule has 2 heterocycles. The van der Waals surface area contributed by atoms with Gasteiger partial charge >= 0.3 is 0 Å². The monoisotopic (exact) mass is 385 g/mol. The second kappa shape index (κ2) is 8.64. The molecule has 7 nitrogen and oxygen atoms in total. The van der Waals surface area contributed by atoms with Gasteiger partial charge in [0, 0.05) is 18.8 Å². The van der Waals surface area contributed by atoms with E-state index in [-0.39, 0.29) is 11.9 Å². The van der Waals surface area contributed by atoms with Gasteiger partial charge in [-0.1, -0.05) is 23.7 Å². The molecule has 140 valence electrons. The molecular weight excluding hydrogens is 366 g/mol. The van der Waals surface area contributed by atoms with Crippen molar-refractivity contribution in [2.45, 2.75) is 19.9 Å². The molecule has 0 saturated heterocycles. The molecule has 0 aliphatic rings. The Bertz CT molecular complexity index is 883. The van der Waals surface area contributed by atoms with Crippen LogP contribution in [0.1, 0.15) is 24.2 Å². The molecular formula is C19H20ClN5O2. The number of benzene rings is 1. The second-order valence-corrected chi connectivity index (χ2v) is 6.34. The quantitative estimate of drug-likeness (QED) is 0.624. The van der Waals surface area contributed by atoms with Crippen molar-refractivity contribution in [2.24, 2.45) is 0 Å². The number of aromatic nitrogens is 4. The number of rotatable bonds is 7. The number of hydrogen-bond acceptors (Lipinski definition) is 5. The van der Waals surface area contributed by atoms with E-state index in [1.165, 1.54) is 11.0 Å². The summed E-state index contributed by atoms with van der Waals surface area (Å²) in [5, 5.41) is 8.81. The number of halogens is 1. The molecule has 0 aliphatic carbocycles. The molecule has 0 fully saturated rings. The molecule has 1 atom stereocenters. The molecule has 1 aromatic carbocycles. The van der Waals surface area contributed by atoms with Crippen LogP contribution in [0, 0.1) is 0 Å². The Labute approximate surface area is 162 Å². The van der Waals surface area contributed by atoms with Crippen molar-refractivity contribution in [2.75, 3.05) is 13.2 Å². The Hall–Kier alpha value is -2.93. The Morgan fingerprint density at radius 3 is 2.63 bits per heavy atom. The largest absolute Gasteiger partial charge is 0.475 e. The lowest BCUT2D eigenvalue weighted by molar-refractivity contribution is 0.0646. The number of pyridine rings is 1. The molecule has 0 radical (unpaired) electrons. The fraction of sp³-hybridized carbons (Fsp3) is 0.263. The maximum atomic E-state index is 13.2. The number of ether oxygens (including phenoxy) is 1. The first-order valence-electron chi connectivity index (χ1n) is 8.61. The maximum absolute atomic E-state index is 13.2. The fourth-order valence-corrected chi connectivity index (χ4v) is 2.83. The van der Waals surface area contributed by atoms with Gasteiger partial charge in [-0.15, -0.1) is 0 Å². The van der Waals surface area contributed by atoms with Gasteiger partial charge in [0.05, 0.1) is 34.7 Å². The molecule has 3 aromatic rings. The van der Waals surface area contributed by atoms with Crippen LogP contribution in [0.15, 0.2) is 55.0 Å². The molecule has 27 heavy (non-hydrogen) atoms. The first kappa shape index (κ1) is 18.8. The van der Waals surface area contributed by atoms with Crippen molar-refractivity contribution < 1.29 is 9.53 Å². The minimum Gasteiger partial charge on any atom is -0.475 e. The van der Waals surface area contributed by atoms with Gasteiger partial charge in [-0.2, -0.15) is 15.0 Å². The van der Waals surface area contributed by atoms with Crippen molar-refractivity contribution in [3.63, 3.8) is 0 Å². The van der Waals surface area contributed by atoms with Crippen LogP contribution in [-0.4, -0.2) is 50.0 Å². The molecule has 0 unspecified atom stereocenters. The first-order valence-corrected chi connectivity index (χ1v) is 8.99. The van der Waals surface area contributed by atoms with Crippen LogP contribution in [0.2, 0.25) is 5.02 Å². The van der Waals surface area contributed by atoms with Crippen molar-refractivity contribution in [1.29, 1.82) is 0 Å². The topological polar surface area (TPSA) is 73.1 Å². The summed E-state index contributed by atoms with van der Waals surface area (Å²) < 4.78 is 5.70. The van der Waals surface area contributed by atoms with Crippen LogP contribution in [-0.2, 0) is 0 Å². The molecule has 0 saturated carbocycles. The van der Waals surface area contributed by atoms with Crippen LogP contribution in [0.25, 0.3) is 5.69 Å². The lowest BCUT2D eigenvalue weighted by atomic mass is 10.1. The third kappa shape index (κ3) is 4.43. The first-order chi connectivity index (χ1) is 13.1. The third-order valence-corrected chi connectivity index (χ3v) is 4.30. The van der Waals surface area contributed by atoms with Gasteiger partial charge in [0.15, 0.2) is 0 Å². The summed E-state index contributed by atoms with van der Waals surface area (Å²) in [5.74, 6) is 0.362. The predicted octanol–water partition coefficient (Wildman–Crippen LogP) is 3.25. The Kier molecular flexibility index (Phi) is 6.03. The van der Waals surface area contributed by atoms with E-state index in [0.29, 0.717) is 35.3 Å². The summed E-state index contributed by atoms with van der Waals surface area (Å²) in [4.78, 5) is 20.5. The van der Waals surface area contributed by atoms with Gasteiger partial charge in [0.25, 0.3) is 5.91 Å². The summed E-state index contributed by atoms with van der Waals surface area (Å²) >= 11 is 5.83. The highest BCUT2D eigenvalue weighted by molar-refractivity contribution is 6.30. The van der Waals surface area contributed by atoms with Crippen LogP contribution >= 0.6 is 11.6 Å². The van der Waals surface area contributed by atoms with Gasteiger partial charge < -0.3 is 9.64 Å². The third-order valence-electron chi connectivity index (χ3n) is 4.07. The van der Waals surface area contributed by atoms with E-state index in [0.717, 1.165) is 0 Å². The minimum absolute atomic E-state index is 0.106. The number of nitrogens with zero attached hydrogens (tertiary/aromatic N) is 5. The predicted molar refractivity (Wildman–Crippen MR) is 102 cm³/mol. The average molecular weight is 386 g/mol. The Morgan fingerprint density at radius 2 is 1.96 bits per heavy atom. The smallest absolute Gasteiger partial charge is 0.256 e. The number of para-hydroxylation sites is 1. The van der Waals surface area contributed by atoms with Gasteiger partial charge in [-0.3, -0.25) is 4.79 Å². The van der Waals surface area contributed by atoms with Crippen LogP contribution < -0.4 is 4.74 Å². The zero-order valence-electron chi connectivity index (χ0n) is 15.1. The highest BCUT2D eigenvalue weighted by Crippen LogP contribution is 2.17. The van der Waals surface area contributed by atoms with Crippen molar-refractivity contribution in [3.8, 4) is 11.6 Å². The summed E-state index contributed by atoms with van der Waals surface area (Å²) in [6.45, 7) is 4.73. The van der Waals surface area contributed by atoms with E-state index in [2.05, 4.69) is 15.2 Å². The Balaban J connectivity index is 1.75. The molecule has 0 bridgehead atoms. The normalized spacial score (nSPS) is 11.8. The highest BCUT2D eigenvalue weighted by atomic mass is 35.5. The van der Waals surface area contributed by atoms with E-state index in [1.54, 1.807) is 35.5 Å². The molecule has 3 rings (SSSR count). The van der Waals surface area contributed by atoms with Gasteiger partial charge in [-0.05, 0) is 32.0 Å². The number of carbonyl (C=O) groups is 1. The maximum Gasteiger partial charge on any atom is 0.256 e. The summed E-state index contributed by atoms with van der Waals surface area (Å²) in [6.07, 6.45) is 4.68. The number of amides is 1. The Morgan fingerprint density at radius 1 is 1.22 bits per heavy atom. The van der Waals surface area contributed by atoms with Crippen molar-refractivity contribution in [1.82, 2.24) is 24.9 Å². The molecule has 2 aromatic heterocycles. The van der Waals surface area contributed by atoms with Crippen molar-refractivity contribution in [3.05, 3.63) is 65.6 Å². The van der Waals surface area contributed by atoms with Crippen molar-refractivity contribution >= 4 is 17.5 Å². The lowest BCUT2D eigenvalue weighted by Crippen LogP contribution is -2.42. The molecule has 1 amide bonds. The number of carbonyl (C=O) groups excluding carboxylic acids is 1. The number of hydrogen-bond donors (Lipinski definition) is 0. The molecule has 0 N–H and O–H groups in total.